The Hall–Kier alpha value is -1.63. The van der Waals surface area contributed by atoms with Crippen LogP contribution in [-0.4, -0.2) is 59.3 Å². The summed E-state index contributed by atoms with van der Waals surface area (Å²) in [6.07, 6.45) is 24.7. The Bertz CT molecular complexity index is 690. The molecule has 1 amide bonds. The normalized spacial score (nSPS) is 12.2. The molecule has 7 nitrogen and oxygen atoms in total. The highest BCUT2D eigenvalue weighted by Gasteiger charge is 2.25. The number of ether oxygens (including phenoxy) is 2. The first-order valence-corrected chi connectivity index (χ1v) is 17.9. The monoisotopic (exact) mass is 612 g/mol. The van der Waals surface area contributed by atoms with E-state index in [9.17, 15) is 19.5 Å². The molecule has 0 saturated carbocycles. The van der Waals surface area contributed by atoms with E-state index in [1.54, 1.807) is 20.8 Å². The summed E-state index contributed by atoms with van der Waals surface area (Å²) in [6, 6.07) is 0. The zero-order valence-corrected chi connectivity index (χ0v) is 28.9. The average Bonchev–Trinajstić information content (AvgIpc) is 2.93. The van der Waals surface area contributed by atoms with E-state index in [0.717, 1.165) is 38.5 Å². The summed E-state index contributed by atoms with van der Waals surface area (Å²) in [5.74, 6) is -1.06. The van der Waals surface area contributed by atoms with Crippen LogP contribution in [0.15, 0.2) is 0 Å². The maximum absolute atomic E-state index is 13.2. The highest BCUT2D eigenvalue weighted by molar-refractivity contribution is 5.82. The summed E-state index contributed by atoms with van der Waals surface area (Å²) in [5, 5.41) is 9.50. The van der Waals surface area contributed by atoms with Crippen molar-refractivity contribution in [2.24, 2.45) is 0 Å². The van der Waals surface area contributed by atoms with E-state index in [0.29, 0.717) is 12.8 Å². The third kappa shape index (κ3) is 27.6. The van der Waals surface area contributed by atoms with Crippen LogP contribution in [0.3, 0.4) is 0 Å². The van der Waals surface area contributed by atoms with Crippen LogP contribution in [0.2, 0.25) is 0 Å². The van der Waals surface area contributed by atoms with Gasteiger partial charge in [-0.05, 0) is 40.0 Å². The lowest BCUT2D eigenvalue weighted by Crippen LogP contribution is -2.41. The maximum atomic E-state index is 13.2. The lowest BCUT2D eigenvalue weighted by Gasteiger charge is -2.26. The Labute approximate surface area is 265 Å². The molecule has 0 rings (SSSR count). The Balaban J connectivity index is 4.70. The van der Waals surface area contributed by atoms with Crippen molar-refractivity contribution in [2.45, 2.75) is 194 Å². The largest absolute Gasteiger partial charge is 0.462 e. The van der Waals surface area contributed by atoms with Crippen LogP contribution in [0.5, 0.6) is 0 Å². The number of rotatable bonds is 29. The van der Waals surface area contributed by atoms with E-state index in [1.807, 2.05) is 0 Å². The molecule has 43 heavy (non-hydrogen) atoms. The van der Waals surface area contributed by atoms with E-state index in [2.05, 4.69) is 13.8 Å². The molecule has 0 aliphatic heterocycles. The summed E-state index contributed by atoms with van der Waals surface area (Å²) in [5.41, 5.74) is -0.659. The molecule has 0 aliphatic rings. The SMILES string of the molecule is CCCCCCCCCCCCCC(=O)O[C@H](CCCCCCCCCCC)CC(=O)N(CCO)CC(=O)OC(C)(C)C. The second-order valence-corrected chi connectivity index (χ2v) is 13.3. The van der Waals surface area contributed by atoms with Gasteiger partial charge in [-0.25, -0.2) is 0 Å². The minimum Gasteiger partial charge on any atom is -0.462 e. The molecule has 0 saturated heterocycles. The summed E-state index contributed by atoms with van der Waals surface area (Å²) >= 11 is 0. The first kappa shape index (κ1) is 41.4. The summed E-state index contributed by atoms with van der Waals surface area (Å²) < 4.78 is 11.2. The van der Waals surface area contributed by atoms with Crippen LogP contribution in [0, 0.1) is 0 Å². The second kappa shape index (κ2) is 27.9. The molecular weight excluding hydrogens is 542 g/mol. The lowest BCUT2D eigenvalue weighted by molar-refractivity contribution is -0.161. The molecule has 7 heteroatoms. The van der Waals surface area contributed by atoms with Gasteiger partial charge in [0.25, 0.3) is 0 Å². The fourth-order valence-corrected chi connectivity index (χ4v) is 5.33. The molecule has 0 aliphatic carbocycles. The van der Waals surface area contributed by atoms with E-state index < -0.39 is 17.7 Å². The standard InChI is InChI=1S/C36H69NO6/c1-6-8-10-12-14-16-17-19-21-23-25-27-34(40)42-32(26-24-22-20-18-15-13-11-9-7-2)30-33(39)37(28-29-38)31-35(41)43-36(3,4)5/h32,38H,6-31H2,1-5H3/t32-/m1/s1. The number of amides is 1. The highest BCUT2D eigenvalue weighted by atomic mass is 16.6. The molecule has 1 N–H and O–H groups in total. The Morgan fingerprint density at radius 3 is 1.53 bits per heavy atom. The van der Waals surface area contributed by atoms with E-state index >= 15 is 0 Å². The number of carbonyl (C=O) groups is 3. The molecule has 0 aromatic heterocycles. The molecule has 254 valence electrons. The van der Waals surface area contributed by atoms with Gasteiger partial charge in [-0.1, -0.05) is 129 Å². The fraction of sp³-hybridized carbons (Fsp3) is 0.917. The highest BCUT2D eigenvalue weighted by Crippen LogP contribution is 2.18. The van der Waals surface area contributed by atoms with Crippen molar-refractivity contribution >= 4 is 17.8 Å². The first-order valence-electron chi connectivity index (χ1n) is 17.9. The molecule has 1 atom stereocenters. The van der Waals surface area contributed by atoms with Gasteiger partial charge < -0.3 is 19.5 Å². The minimum absolute atomic E-state index is 0.0177. The number of hydrogen-bond acceptors (Lipinski definition) is 6. The van der Waals surface area contributed by atoms with Crippen molar-refractivity contribution in [3.63, 3.8) is 0 Å². The number of esters is 2. The fourth-order valence-electron chi connectivity index (χ4n) is 5.33. The minimum atomic E-state index is -0.659. The van der Waals surface area contributed by atoms with Gasteiger partial charge in [0.2, 0.25) is 5.91 Å². The number of unbranched alkanes of at least 4 members (excludes halogenated alkanes) is 18. The lowest BCUT2D eigenvalue weighted by atomic mass is 10.0. The summed E-state index contributed by atoms with van der Waals surface area (Å²) in [4.78, 5) is 39.6. The third-order valence-corrected chi connectivity index (χ3v) is 7.78. The molecule has 0 aromatic rings. The van der Waals surface area contributed by atoms with Crippen molar-refractivity contribution in [3.05, 3.63) is 0 Å². The molecule has 0 bridgehead atoms. The van der Waals surface area contributed by atoms with Gasteiger partial charge in [0.05, 0.1) is 13.0 Å². The van der Waals surface area contributed by atoms with Crippen molar-refractivity contribution in [2.75, 3.05) is 19.7 Å². The molecular formula is C36H69NO6. The molecule has 0 spiro atoms. The molecule has 0 unspecified atom stereocenters. The Kier molecular flexibility index (Phi) is 26.8. The Morgan fingerprint density at radius 1 is 0.651 bits per heavy atom. The zero-order chi connectivity index (χ0) is 32.2. The summed E-state index contributed by atoms with van der Waals surface area (Å²) in [6.45, 7) is 9.36. The van der Waals surface area contributed by atoms with E-state index in [1.165, 1.54) is 94.8 Å². The quantitative estimate of drug-likeness (QED) is 0.0670. The van der Waals surface area contributed by atoms with Crippen molar-refractivity contribution in [1.82, 2.24) is 4.90 Å². The van der Waals surface area contributed by atoms with Crippen molar-refractivity contribution in [1.29, 1.82) is 0 Å². The topological polar surface area (TPSA) is 93.1 Å². The molecule has 0 radical (unpaired) electrons. The van der Waals surface area contributed by atoms with Gasteiger partial charge in [0.15, 0.2) is 0 Å². The molecule has 0 fully saturated rings. The van der Waals surface area contributed by atoms with Gasteiger partial charge in [0.1, 0.15) is 18.2 Å². The molecule has 0 aromatic carbocycles. The number of carbonyl (C=O) groups excluding carboxylic acids is 3. The predicted molar refractivity (Wildman–Crippen MR) is 177 cm³/mol. The van der Waals surface area contributed by atoms with Gasteiger partial charge in [-0.15, -0.1) is 0 Å². The third-order valence-electron chi connectivity index (χ3n) is 7.78. The number of aliphatic hydroxyl groups excluding tert-OH is 1. The zero-order valence-electron chi connectivity index (χ0n) is 28.9. The smallest absolute Gasteiger partial charge is 0.326 e. The van der Waals surface area contributed by atoms with Crippen LogP contribution in [0.4, 0.5) is 0 Å². The van der Waals surface area contributed by atoms with Crippen LogP contribution < -0.4 is 0 Å². The number of nitrogens with zero attached hydrogens (tertiary/aromatic N) is 1. The van der Waals surface area contributed by atoms with Crippen LogP contribution >= 0.6 is 0 Å². The van der Waals surface area contributed by atoms with Crippen LogP contribution in [0.25, 0.3) is 0 Å². The Morgan fingerprint density at radius 2 is 1.09 bits per heavy atom. The second-order valence-electron chi connectivity index (χ2n) is 13.3. The van der Waals surface area contributed by atoms with E-state index in [4.69, 9.17) is 9.47 Å². The maximum Gasteiger partial charge on any atom is 0.326 e. The van der Waals surface area contributed by atoms with Gasteiger partial charge in [0, 0.05) is 13.0 Å². The van der Waals surface area contributed by atoms with Gasteiger partial charge in [-0.3, -0.25) is 14.4 Å². The first-order chi connectivity index (χ1) is 20.6. The summed E-state index contributed by atoms with van der Waals surface area (Å²) in [7, 11) is 0. The van der Waals surface area contributed by atoms with E-state index in [-0.39, 0.29) is 38.0 Å². The van der Waals surface area contributed by atoms with Crippen molar-refractivity contribution < 1.29 is 29.0 Å². The average molecular weight is 612 g/mol. The van der Waals surface area contributed by atoms with Gasteiger partial charge >= 0.3 is 11.9 Å². The van der Waals surface area contributed by atoms with Gasteiger partial charge in [-0.2, -0.15) is 0 Å². The number of aliphatic hydroxyl groups is 1. The molecule has 0 heterocycles. The number of hydrogen-bond donors (Lipinski definition) is 1. The van der Waals surface area contributed by atoms with Crippen LogP contribution in [0.1, 0.15) is 182 Å². The predicted octanol–water partition coefficient (Wildman–Crippen LogP) is 9.07. The van der Waals surface area contributed by atoms with Crippen LogP contribution in [-0.2, 0) is 23.9 Å². The van der Waals surface area contributed by atoms with Crippen molar-refractivity contribution in [3.8, 4) is 0 Å².